The van der Waals surface area contributed by atoms with E-state index < -0.39 is 6.04 Å². The molecule has 0 spiro atoms. The molecule has 5 heteroatoms. The van der Waals surface area contributed by atoms with E-state index in [1.54, 1.807) is 11.8 Å². The quantitative estimate of drug-likeness (QED) is 0.721. The van der Waals surface area contributed by atoms with E-state index in [9.17, 15) is 9.59 Å². The summed E-state index contributed by atoms with van der Waals surface area (Å²) in [4.78, 5) is 27.0. The van der Waals surface area contributed by atoms with Gasteiger partial charge < -0.3 is 15.0 Å². The van der Waals surface area contributed by atoms with Gasteiger partial charge in [0, 0.05) is 13.1 Å². The lowest BCUT2D eigenvalue weighted by molar-refractivity contribution is -0.142. The van der Waals surface area contributed by atoms with Crippen molar-refractivity contribution in [3.63, 3.8) is 0 Å². The van der Waals surface area contributed by atoms with E-state index in [0.717, 1.165) is 23.1 Å². The molecule has 0 aromatic heterocycles. The van der Waals surface area contributed by atoms with Crippen LogP contribution in [0.25, 0.3) is 0 Å². The zero-order chi connectivity index (χ0) is 20.5. The van der Waals surface area contributed by atoms with Crippen molar-refractivity contribution in [3.05, 3.63) is 65.2 Å². The van der Waals surface area contributed by atoms with Gasteiger partial charge in [0.15, 0.2) is 6.61 Å². The third-order valence-corrected chi connectivity index (χ3v) is 4.50. The van der Waals surface area contributed by atoms with E-state index in [0.29, 0.717) is 18.8 Å². The fourth-order valence-electron chi connectivity index (χ4n) is 2.92. The minimum atomic E-state index is -0.583. The predicted molar refractivity (Wildman–Crippen MR) is 111 cm³/mol. The number of nitrogens with zero attached hydrogens (tertiary/aromatic N) is 1. The van der Waals surface area contributed by atoms with Crippen LogP contribution in [0.4, 0.5) is 0 Å². The summed E-state index contributed by atoms with van der Waals surface area (Å²) in [7, 11) is 0. The van der Waals surface area contributed by atoms with Crippen LogP contribution in [0, 0.1) is 13.8 Å². The normalized spacial score (nSPS) is 11.6. The Bertz CT molecular complexity index is 804. The monoisotopic (exact) mass is 382 g/mol. The number of nitrogens with one attached hydrogen (secondary N) is 1. The van der Waals surface area contributed by atoms with Gasteiger partial charge in [-0.1, -0.05) is 48.9 Å². The van der Waals surface area contributed by atoms with Gasteiger partial charge in [0.25, 0.3) is 5.91 Å². The van der Waals surface area contributed by atoms with Crippen molar-refractivity contribution in [1.82, 2.24) is 10.2 Å². The second-order valence-electron chi connectivity index (χ2n) is 7.08. The highest BCUT2D eigenvalue weighted by atomic mass is 16.5. The Balaban J connectivity index is 2.13. The Kier molecular flexibility index (Phi) is 8.05. The van der Waals surface area contributed by atoms with Crippen LogP contribution >= 0.6 is 0 Å². The zero-order valence-corrected chi connectivity index (χ0v) is 17.2. The molecule has 0 aliphatic rings. The third kappa shape index (κ3) is 6.41. The smallest absolute Gasteiger partial charge is 0.261 e. The highest BCUT2D eigenvalue weighted by molar-refractivity contribution is 5.87. The van der Waals surface area contributed by atoms with Gasteiger partial charge in [0.2, 0.25) is 5.91 Å². The number of benzene rings is 2. The molecule has 2 amide bonds. The first-order chi connectivity index (χ1) is 13.4. The van der Waals surface area contributed by atoms with Gasteiger partial charge >= 0.3 is 0 Å². The average molecular weight is 383 g/mol. The van der Waals surface area contributed by atoms with E-state index in [4.69, 9.17) is 4.74 Å². The number of hydrogen-bond acceptors (Lipinski definition) is 3. The van der Waals surface area contributed by atoms with E-state index in [-0.39, 0.29) is 18.4 Å². The summed E-state index contributed by atoms with van der Waals surface area (Å²) in [5.41, 5.74) is 3.16. The number of aryl methyl sites for hydroxylation is 2. The Labute approximate surface area is 167 Å². The first-order valence-electron chi connectivity index (χ1n) is 9.73. The lowest BCUT2D eigenvalue weighted by Gasteiger charge is -2.29. The van der Waals surface area contributed by atoms with Crippen LogP contribution in [0.5, 0.6) is 5.75 Å². The second-order valence-corrected chi connectivity index (χ2v) is 7.08. The van der Waals surface area contributed by atoms with Gasteiger partial charge in [-0.25, -0.2) is 0 Å². The van der Waals surface area contributed by atoms with E-state index in [1.807, 2.05) is 69.3 Å². The molecular weight excluding hydrogens is 352 g/mol. The molecule has 2 aromatic carbocycles. The molecule has 0 fully saturated rings. The maximum Gasteiger partial charge on any atom is 0.261 e. The summed E-state index contributed by atoms with van der Waals surface area (Å²) < 4.78 is 5.68. The van der Waals surface area contributed by atoms with Crippen molar-refractivity contribution in [2.45, 2.75) is 46.7 Å². The molecule has 0 radical (unpaired) electrons. The Hall–Kier alpha value is -2.82. The van der Waals surface area contributed by atoms with Crippen LogP contribution < -0.4 is 10.1 Å². The van der Waals surface area contributed by atoms with E-state index in [1.165, 1.54) is 0 Å². The van der Waals surface area contributed by atoms with Gasteiger partial charge in [0.1, 0.15) is 11.8 Å². The lowest BCUT2D eigenvalue weighted by atomic mass is 10.1. The number of carbonyl (C=O) groups is 2. The largest absolute Gasteiger partial charge is 0.484 e. The molecule has 5 nitrogen and oxygen atoms in total. The molecule has 0 unspecified atom stereocenters. The van der Waals surface area contributed by atoms with Gasteiger partial charge in [-0.2, -0.15) is 0 Å². The fourth-order valence-corrected chi connectivity index (χ4v) is 2.92. The molecule has 2 aromatic rings. The van der Waals surface area contributed by atoms with Crippen LogP contribution in [0.3, 0.4) is 0 Å². The van der Waals surface area contributed by atoms with Crippen molar-refractivity contribution in [1.29, 1.82) is 0 Å². The van der Waals surface area contributed by atoms with Gasteiger partial charge in [-0.05, 0) is 50.5 Å². The molecule has 0 saturated heterocycles. The number of hydrogen-bond donors (Lipinski definition) is 1. The molecule has 0 aliphatic heterocycles. The Morgan fingerprint density at radius 2 is 1.75 bits per heavy atom. The maximum absolute atomic E-state index is 12.9. The molecule has 28 heavy (non-hydrogen) atoms. The first-order valence-corrected chi connectivity index (χ1v) is 9.73. The summed E-state index contributed by atoms with van der Waals surface area (Å²) in [6.45, 7) is 8.57. The van der Waals surface area contributed by atoms with Crippen LogP contribution in [0.1, 0.15) is 37.0 Å². The van der Waals surface area contributed by atoms with Crippen molar-refractivity contribution in [2.24, 2.45) is 0 Å². The minimum absolute atomic E-state index is 0.110. The average Bonchev–Trinajstić information content (AvgIpc) is 2.68. The maximum atomic E-state index is 12.9. The fraction of sp³-hybridized carbons (Fsp3) is 0.391. The van der Waals surface area contributed by atoms with Crippen molar-refractivity contribution >= 4 is 11.8 Å². The standard InChI is InChI=1S/C23H30N2O3/c1-5-12-24-23(27)19(4)25(15-20-10-6-8-17(2)13-20)22(26)16-28-21-11-7-9-18(3)14-21/h6-11,13-14,19H,5,12,15-16H2,1-4H3,(H,24,27)/t19-/m1/s1. The van der Waals surface area contributed by atoms with Crippen LogP contribution in [-0.2, 0) is 16.1 Å². The number of carbonyl (C=O) groups excluding carboxylic acids is 2. The SMILES string of the molecule is CCCNC(=O)[C@@H](C)N(Cc1cccc(C)c1)C(=O)COc1cccc(C)c1. The number of rotatable bonds is 9. The van der Waals surface area contributed by atoms with Crippen LogP contribution in [-0.4, -0.2) is 35.9 Å². The van der Waals surface area contributed by atoms with Gasteiger partial charge in [0.05, 0.1) is 0 Å². The minimum Gasteiger partial charge on any atom is -0.484 e. The summed E-state index contributed by atoms with van der Waals surface area (Å²) in [6, 6.07) is 14.9. The second kappa shape index (κ2) is 10.5. The molecular formula is C23H30N2O3. The highest BCUT2D eigenvalue weighted by Gasteiger charge is 2.26. The summed E-state index contributed by atoms with van der Waals surface area (Å²) in [5, 5.41) is 2.87. The Morgan fingerprint density at radius 1 is 1.07 bits per heavy atom. The molecule has 2 rings (SSSR count). The molecule has 150 valence electrons. The van der Waals surface area contributed by atoms with Gasteiger partial charge in [-0.15, -0.1) is 0 Å². The van der Waals surface area contributed by atoms with Crippen molar-refractivity contribution in [2.75, 3.05) is 13.2 Å². The van der Waals surface area contributed by atoms with E-state index in [2.05, 4.69) is 5.32 Å². The lowest BCUT2D eigenvalue weighted by Crippen LogP contribution is -2.49. The molecule has 0 bridgehead atoms. The molecule has 0 aliphatic carbocycles. The van der Waals surface area contributed by atoms with Crippen LogP contribution in [0.2, 0.25) is 0 Å². The Morgan fingerprint density at radius 3 is 2.39 bits per heavy atom. The summed E-state index contributed by atoms with van der Waals surface area (Å²) in [5.74, 6) is 0.271. The first kappa shape index (κ1) is 21.5. The predicted octanol–water partition coefficient (Wildman–Crippen LogP) is 3.63. The molecule has 0 saturated carbocycles. The van der Waals surface area contributed by atoms with E-state index >= 15 is 0 Å². The van der Waals surface area contributed by atoms with Gasteiger partial charge in [-0.3, -0.25) is 9.59 Å². The molecule has 0 heterocycles. The third-order valence-electron chi connectivity index (χ3n) is 4.50. The topological polar surface area (TPSA) is 58.6 Å². The van der Waals surface area contributed by atoms with Crippen molar-refractivity contribution < 1.29 is 14.3 Å². The van der Waals surface area contributed by atoms with Crippen LogP contribution in [0.15, 0.2) is 48.5 Å². The molecule has 1 N–H and O–H groups in total. The molecule has 1 atom stereocenters. The highest BCUT2D eigenvalue weighted by Crippen LogP contribution is 2.15. The number of amides is 2. The summed E-state index contributed by atoms with van der Waals surface area (Å²) in [6.07, 6.45) is 0.848. The zero-order valence-electron chi connectivity index (χ0n) is 17.2. The summed E-state index contributed by atoms with van der Waals surface area (Å²) >= 11 is 0. The number of ether oxygens (including phenoxy) is 1. The van der Waals surface area contributed by atoms with Crippen molar-refractivity contribution in [3.8, 4) is 5.75 Å².